The molecule has 2 N–H and O–H groups in total. The highest BCUT2D eigenvalue weighted by atomic mass is 79.9. The SMILES string of the molecule is NCC(CC1Cc2cc(F)ccc2O1)c1cccc(Br)c1. The molecule has 1 aliphatic rings. The fourth-order valence-electron chi connectivity index (χ4n) is 2.87. The average molecular weight is 350 g/mol. The molecule has 2 aromatic rings. The van der Waals surface area contributed by atoms with E-state index in [-0.39, 0.29) is 17.8 Å². The fourth-order valence-corrected chi connectivity index (χ4v) is 3.28. The molecular formula is C17H17BrFNO. The van der Waals surface area contributed by atoms with Crippen molar-refractivity contribution in [3.8, 4) is 5.75 Å². The second kappa shape index (κ2) is 6.16. The van der Waals surface area contributed by atoms with E-state index in [1.165, 1.54) is 11.6 Å². The van der Waals surface area contributed by atoms with Crippen molar-refractivity contribution in [1.82, 2.24) is 0 Å². The van der Waals surface area contributed by atoms with Crippen LogP contribution in [-0.2, 0) is 6.42 Å². The van der Waals surface area contributed by atoms with Gasteiger partial charge in [0.15, 0.2) is 0 Å². The highest BCUT2D eigenvalue weighted by Gasteiger charge is 2.26. The third kappa shape index (κ3) is 3.27. The molecule has 0 radical (unpaired) electrons. The van der Waals surface area contributed by atoms with Crippen molar-refractivity contribution < 1.29 is 9.13 Å². The van der Waals surface area contributed by atoms with E-state index < -0.39 is 0 Å². The van der Waals surface area contributed by atoms with E-state index in [0.717, 1.165) is 28.6 Å². The van der Waals surface area contributed by atoms with E-state index in [9.17, 15) is 4.39 Å². The predicted molar refractivity (Wildman–Crippen MR) is 85.1 cm³/mol. The van der Waals surface area contributed by atoms with Gasteiger partial charge in [0.2, 0.25) is 0 Å². The van der Waals surface area contributed by atoms with Crippen LogP contribution in [0, 0.1) is 5.82 Å². The molecule has 2 nitrogen and oxygen atoms in total. The molecule has 0 saturated heterocycles. The largest absolute Gasteiger partial charge is 0.490 e. The van der Waals surface area contributed by atoms with Crippen LogP contribution in [-0.4, -0.2) is 12.6 Å². The summed E-state index contributed by atoms with van der Waals surface area (Å²) < 4.78 is 20.2. The summed E-state index contributed by atoms with van der Waals surface area (Å²) in [6.45, 7) is 0.570. The minimum Gasteiger partial charge on any atom is -0.490 e. The van der Waals surface area contributed by atoms with E-state index >= 15 is 0 Å². The Bertz CT molecular complexity index is 646. The lowest BCUT2D eigenvalue weighted by Crippen LogP contribution is -2.22. The lowest BCUT2D eigenvalue weighted by molar-refractivity contribution is 0.210. The molecule has 4 heteroatoms. The maximum absolute atomic E-state index is 13.2. The van der Waals surface area contributed by atoms with Gasteiger partial charge in [0.05, 0.1) is 0 Å². The third-order valence-corrected chi connectivity index (χ3v) is 4.41. The molecule has 2 aromatic carbocycles. The van der Waals surface area contributed by atoms with Crippen LogP contribution >= 0.6 is 15.9 Å². The molecule has 3 rings (SSSR count). The Morgan fingerprint density at radius 1 is 1.29 bits per heavy atom. The highest BCUT2D eigenvalue weighted by molar-refractivity contribution is 9.10. The molecule has 0 saturated carbocycles. The Balaban J connectivity index is 1.72. The molecule has 2 atom stereocenters. The first kappa shape index (κ1) is 14.5. The number of hydrogen-bond acceptors (Lipinski definition) is 2. The molecule has 0 bridgehead atoms. The summed E-state index contributed by atoms with van der Waals surface area (Å²) in [6, 6.07) is 12.9. The summed E-state index contributed by atoms with van der Waals surface area (Å²) in [5.41, 5.74) is 8.09. The fraction of sp³-hybridized carbons (Fsp3) is 0.294. The molecule has 0 aliphatic carbocycles. The Kier molecular flexibility index (Phi) is 4.27. The molecule has 1 heterocycles. The third-order valence-electron chi connectivity index (χ3n) is 3.92. The minimum absolute atomic E-state index is 0.0642. The summed E-state index contributed by atoms with van der Waals surface area (Å²) in [6.07, 6.45) is 1.65. The second-order valence-corrected chi connectivity index (χ2v) is 6.34. The van der Waals surface area contributed by atoms with Crippen LogP contribution in [0.25, 0.3) is 0 Å². The molecule has 0 spiro atoms. The van der Waals surface area contributed by atoms with Gasteiger partial charge in [0, 0.05) is 16.5 Å². The van der Waals surface area contributed by atoms with Gasteiger partial charge in [-0.3, -0.25) is 0 Å². The van der Waals surface area contributed by atoms with Crippen molar-refractivity contribution in [2.75, 3.05) is 6.54 Å². The van der Waals surface area contributed by atoms with E-state index in [1.54, 1.807) is 12.1 Å². The Labute approximate surface area is 132 Å². The van der Waals surface area contributed by atoms with Crippen molar-refractivity contribution in [1.29, 1.82) is 0 Å². The van der Waals surface area contributed by atoms with Gasteiger partial charge in [0.1, 0.15) is 17.7 Å². The van der Waals surface area contributed by atoms with Gasteiger partial charge < -0.3 is 10.5 Å². The Morgan fingerprint density at radius 3 is 2.90 bits per heavy atom. The molecule has 2 unspecified atom stereocenters. The summed E-state index contributed by atoms with van der Waals surface area (Å²) in [7, 11) is 0. The zero-order valence-corrected chi connectivity index (χ0v) is 13.1. The van der Waals surface area contributed by atoms with E-state index in [0.29, 0.717) is 6.54 Å². The van der Waals surface area contributed by atoms with Gasteiger partial charge in [-0.25, -0.2) is 4.39 Å². The maximum atomic E-state index is 13.2. The number of nitrogens with two attached hydrogens (primary N) is 1. The van der Waals surface area contributed by atoms with Crippen molar-refractivity contribution in [3.63, 3.8) is 0 Å². The molecule has 1 aliphatic heterocycles. The summed E-state index contributed by atoms with van der Waals surface area (Å²) in [5, 5.41) is 0. The van der Waals surface area contributed by atoms with Crippen LogP contribution < -0.4 is 10.5 Å². The number of ether oxygens (including phenoxy) is 1. The zero-order chi connectivity index (χ0) is 14.8. The monoisotopic (exact) mass is 349 g/mol. The lowest BCUT2D eigenvalue weighted by atomic mass is 9.92. The Morgan fingerprint density at radius 2 is 2.14 bits per heavy atom. The van der Waals surface area contributed by atoms with Crippen molar-refractivity contribution in [3.05, 3.63) is 63.9 Å². The summed E-state index contributed by atoms with van der Waals surface area (Å²) in [5.74, 6) is 0.832. The molecular weight excluding hydrogens is 333 g/mol. The number of hydrogen-bond donors (Lipinski definition) is 1. The minimum atomic E-state index is -0.208. The first-order valence-corrected chi connectivity index (χ1v) is 7.85. The first-order valence-electron chi connectivity index (χ1n) is 7.06. The van der Waals surface area contributed by atoms with Crippen LogP contribution in [0.3, 0.4) is 0 Å². The van der Waals surface area contributed by atoms with Gasteiger partial charge in [-0.15, -0.1) is 0 Å². The van der Waals surface area contributed by atoms with Gasteiger partial charge >= 0.3 is 0 Å². The van der Waals surface area contributed by atoms with Crippen LogP contribution in [0.15, 0.2) is 46.9 Å². The average Bonchev–Trinajstić information content (AvgIpc) is 2.86. The van der Waals surface area contributed by atoms with Crippen molar-refractivity contribution >= 4 is 15.9 Å². The number of halogens is 2. The van der Waals surface area contributed by atoms with E-state index in [2.05, 4.69) is 28.1 Å². The lowest BCUT2D eigenvalue weighted by Gasteiger charge is -2.19. The van der Waals surface area contributed by atoms with E-state index in [4.69, 9.17) is 10.5 Å². The summed E-state index contributed by atoms with van der Waals surface area (Å²) >= 11 is 3.49. The van der Waals surface area contributed by atoms with Gasteiger partial charge in [-0.1, -0.05) is 28.1 Å². The topological polar surface area (TPSA) is 35.2 Å². The van der Waals surface area contributed by atoms with Gasteiger partial charge in [-0.2, -0.15) is 0 Å². The van der Waals surface area contributed by atoms with Crippen molar-refractivity contribution in [2.45, 2.75) is 24.9 Å². The zero-order valence-electron chi connectivity index (χ0n) is 11.6. The Hall–Kier alpha value is -1.39. The molecule has 21 heavy (non-hydrogen) atoms. The highest BCUT2D eigenvalue weighted by Crippen LogP contribution is 2.34. The molecule has 0 amide bonds. The smallest absolute Gasteiger partial charge is 0.123 e. The first-order chi connectivity index (χ1) is 10.2. The number of benzene rings is 2. The number of rotatable bonds is 4. The van der Waals surface area contributed by atoms with Crippen LogP contribution in [0.2, 0.25) is 0 Å². The molecule has 0 aromatic heterocycles. The normalized spacial score (nSPS) is 18.1. The van der Waals surface area contributed by atoms with Crippen LogP contribution in [0.4, 0.5) is 4.39 Å². The van der Waals surface area contributed by atoms with Crippen LogP contribution in [0.5, 0.6) is 5.75 Å². The summed E-state index contributed by atoms with van der Waals surface area (Å²) in [4.78, 5) is 0. The van der Waals surface area contributed by atoms with Gasteiger partial charge in [-0.05, 0) is 54.8 Å². The second-order valence-electron chi connectivity index (χ2n) is 5.42. The van der Waals surface area contributed by atoms with Crippen LogP contribution in [0.1, 0.15) is 23.5 Å². The van der Waals surface area contributed by atoms with E-state index in [1.807, 2.05) is 12.1 Å². The van der Waals surface area contributed by atoms with Crippen molar-refractivity contribution in [2.24, 2.45) is 5.73 Å². The quantitative estimate of drug-likeness (QED) is 0.904. The molecule has 0 fully saturated rings. The number of fused-ring (bicyclic) bond motifs is 1. The molecule has 110 valence electrons. The maximum Gasteiger partial charge on any atom is 0.123 e. The van der Waals surface area contributed by atoms with Gasteiger partial charge in [0.25, 0.3) is 0 Å². The standard InChI is InChI=1S/C17H17BrFNO/c18-14-3-1-2-11(6-14)13(10-20)9-16-8-12-7-15(19)4-5-17(12)21-16/h1-7,13,16H,8-10,20H2. The predicted octanol–water partition coefficient (Wildman–Crippen LogP) is 4.02.